The van der Waals surface area contributed by atoms with E-state index in [-0.39, 0.29) is 6.04 Å². The van der Waals surface area contributed by atoms with Crippen LogP contribution in [0.3, 0.4) is 0 Å². The third-order valence-electron chi connectivity index (χ3n) is 3.15. The van der Waals surface area contributed by atoms with Crippen LogP contribution in [0.1, 0.15) is 30.5 Å². The van der Waals surface area contributed by atoms with Crippen molar-refractivity contribution in [2.45, 2.75) is 30.4 Å². The van der Waals surface area contributed by atoms with Gasteiger partial charge in [0.1, 0.15) is 0 Å². The largest absolute Gasteiger partial charge is 0.493 e. The zero-order valence-corrected chi connectivity index (χ0v) is 11.3. The maximum absolute atomic E-state index is 6.24. The average molecular weight is 253 g/mol. The van der Waals surface area contributed by atoms with Gasteiger partial charge in [0, 0.05) is 17.0 Å². The molecule has 3 nitrogen and oxygen atoms in total. The number of methoxy groups -OCH3 is 2. The molecule has 0 fully saturated rings. The molecule has 1 aromatic carbocycles. The van der Waals surface area contributed by atoms with Gasteiger partial charge in [0.15, 0.2) is 11.5 Å². The van der Waals surface area contributed by atoms with Gasteiger partial charge in [-0.1, -0.05) is 6.92 Å². The molecule has 17 heavy (non-hydrogen) atoms. The summed E-state index contributed by atoms with van der Waals surface area (Å²) in [4.78, 5) is 0. The van der Waals surface area contributed by atoms with Crippen molar-refractivity contribution in [3.05, 3.63) is 23.3 Å². The Morgan fingerprint density at radius 3 is 2.53 bits per heavy atom. The third kappa shape index (κ3) is 2.53. The van der Waals surface area contributed by atoms with Crippen molar-refractivity contribution < 1.29 is 9.47 Å². The molecule has 1 aromatic rings. The van der Waals surface area contributed by atoms with Crippen LogP contribution < -0.4 is 15.2 Å². The topological polar surface area (TPSA) is 44.5 Å². The Morgan fingerprint density at radius 1 is 1.24 bits per heavy atom. The van der Waals surface area contributed by atoms with Crippen molar-refractivity contribution in [3.63, 3.8) is 0 Å². The minimum Gasteiger partial charge on any atom is -0.493 e. The molecule has 0 radical (unpaired) electrons. The molecule has 0 saturated heterocycles. The molecule has 0 aromatic heterocycles. The van der Waals surface area contributed by atoms with Gasteiger partial charge in [0.25, 0.3) is 0 Å². The number of ether oxygens (including phenoxy) is 2. The van der Waals surface area contributed by atoms with Gasteiger partial charge in [-0.25, -0.2) is 0 Å². The van der Waals surface area contributed by atoms with E-state index in [1.54, 1.807) is 14.2 Å². The first-order valence-corrected chi connectivity index (χ1v) is 6.82. The lowest BCUT2D eigenvalue weighted by Crippen LogP contribution is -2.14. The van der Waals surface area contributed by atoms with Crippen molar-refractivity contribution in [3.8, 4) is 11.5 Å². The van der Waals surface area contributed by atoms with E-state index < -0.39 is 0 Å². The van der Waals surface area contributed by atoms with Crippen molar-refractivity contribution in [1.82, 2.24) is 0 Å². The van der Waals surface area contributed by atoms with E-state index in [4.69, 9.17) is 15.2 Å². The highest BCUT2D eigenvalue weighted by atomic mass is 32.2. The van der Waals surface area contributed by atoms with E-state index in [9.17, 15) is 0 Å². The molecule has 2 unspecified atom stereocenters. The molecule has 0 bridgehead atoms. The summed E-state index contributed by atoms with van der Waals surface area (Å²) >= 11 is 1.94. The number of thioether (sulfide) groups is 1. The summed E-state index contributed by atoms with van der Waals surface area (Å²) in [7, 11) is 3.32. The second-order valence-electron chi connectivity index (χ2n) is 4.37. The van der Waals surface area contributed by atoms with Gasteiger partial charge in [-0.05, 0) is 29.7 Å². The highest BCUT2D eigenvalue weighted by molar-refractivity contribution is 7.99. The Morgan fingerprint density at radius 2 is 1.88 bits per heavy atom. The minimum absolute atomic E-state index is 0.0924. The third-order valence-corrected chi connectivity index (χ3v) is 4.39. The molecular weight excluding hydrogens is 234 g/mol. The second kappa shape index (κ2) is 5.19. The maximum atomic E-state index is 6.24. The lowest BCUT2D eigenvalue weighted by molar-refractivity contribution is 0.354. The standard InChI is InChI=1S/C13H19NO2S/c1-8-4-11(14)10-6-13(16-3)12(15-2)5-9(10)7-17-8/h5-6,8,11H,4,7,14H2,1-3H3. The number of hydrogen-bond acceptors (Lipinski definition) is 4. The lowest BCUT2D eigenvalue weighted by atomic mass is 9.98. The Balaban J connectivity index is 2.45. The Kier molecular flexibility index (Phi) is 3.84. The molecule has 2 rings (SSSR count). The minimum atomic E-state index is 0.0924. The van der Waals surface area contributed by atoms with Gasteiger partial charge in [0.05, 0.1) is 14.2 Å². The van der Waals surface area contributed by atoms with Crippen molar-refractivity contribution in [2.75, 3.05) is 14.2 Å². The van der Waals surface area contributed by atoms with E-state index in [0.29, 0.717) is 5.25 Å². The summed E-state index contributed by atoms with van der Waals surface area (Å²) in [6.45, 7) is 2.23. The first-order chi connectivity index (χ1) is 8.15. The van der Waals surface area contributed by atoms with Crippen LogP contribution in [0.5, 0.6) is 11.5 Å². The SMILES string of the molecule is COc1cc2c(cc1OC)C(N)CC(C)SC2. The lowest BCUT2D eigenvalue weighted by Gasteiger charge is -2.16. The van der Waals surface area contributed by atoms with Crippen molar-refractivity contribution in [1.29, 1.82) is 0 Å². The van der Waals surface area contributed by atoms with Gasteiger partial charge in [0.2, 0.25) is 0 Å². The molecule has 1 aliphatic rings. The van der Waals surface area contributed by atoms with Gasteiger partial charge in [-0.2, -0.15) is 11.8 Å². The Bertz CT molecular complexity index is 409. The van der Waals surface area contributed by atoms with Gasteiger partial charge in [-0.3, -0.25) is 0 Å². The summed E-state index contributed by atoms with van der Waals surface area (Å²) in [5.41, 5.74) is 8.70. The molecule has 94 valence electrons. The zero-order chi connectivity index (χ0) is 12.4. The van der Waals surface area contributed by atoms with Crippen LogP contribution in [0.25, 0.3) is 0 Å². The summed E-state index contributed by atoms with van der Waals surface area (Å²) in [5, 5.41) is 0.592. The van der Waals surface area contributed by atoms with E-state index in [2.05, 4.69) is 13.0 Å². The Labute approximate surface area is 107 Å². The maximum Gasteiger partial charge on any atom is 0.161 e. The van der Waals surface area contributed by atoms with E-state index >= 15 is 0 Å². The zero-order valence-electron chi connectivity index (χ0n) is 10.5. The number of nitrogens with two attached hydrogens (primary N) is 1. The molecule has 1 aliphatic heterocycles. The summed E-state index contributed by atoms with van der Waals surface area (Å²) in [6, 6.07) is 4.17. The van der Waals surface area contributed by atoms with Crippen LogP contribution in [0, 0.1) is 0 Å². The molecular formula is C13H19NO2S. The van der Waals surface area contributed by atoms with Crippen LogP contribution in [0.4, 0.5) is 0 Å². The first-order valence-electron chi connectivity index (χ1n) is 5.77. The van der Waals surface area contributed by atoms with E-state index in [0.717, 1.165) is 23.7 Å². The second-order valence-corrected chi connectivity index (χ2v) is 5.80. The van der Waals surface area contributed by atoms with Gasteiger partial charge < -0.3 is 15.2 Å². The summed E-state index contributed by atoms with van der Waals surface area (Å²) < 4.78 is 10.7. The molecule has 0 amide bonds. The predicted octanol–water partition coefficient (Wildman–Crippen LogP) is 2.73. The molecule has 2 atom stereocenters. The van der Waals surface area contributed by atoms with Crippen LogP contribution >= 0.6 is 11.8 Å². The fourth-order valence-electron chi connectivity index (χ4n) is 2.19. The number of rotatable bonds is 2. The Hall–Kier alpha value is -0.870. The normalized spacial score (nSPS) is 23.8. The summed E-state index contributed by atoms with van der Waals surface area (Å²) in [6.07, 6.45) is 1.01. The monoisotopic (exact) mass is 253 g/mol. The van der Waals surface area contributed by atoms with Gasteiger partial charge in [-0.15, -0.1) is 0 Å². The number of fused-ring (bicyclic) bond motifs is 1. The number of benzene rings is 1. The predicted molar refractivity (Wildman–Crippen MR) is 71.8 cm³/mol. The molecule has 0 aliphatic carbocycles. The summed E-state index contributed by atoms with van der Waals surface area (Å²) in [5.74, 6) is 2.54. The van der Waals surface area contributed by atoms with Crippen LogP contribution in [0.2, 0.25) is 0 Å². The van der Waals surface area contributed by atoms with Crippen LogP contribution in [-0.4, -0.2) is 19.5 Å². The van der Waals surface area contributed by atoms with Crippen molar-refractivity contribution in [2.24, 2.45) is 5.73 Å². The molecule has 0 spiro atoms. The first kappa shape index (κ1) is 12.6. The average Bonchev–Trinajstić information content (AvgIpc) is 2.47. The van der Waals surface area contributed by atoms with Crippen molar-refractivity contribution >= 4 is 11.8 Å². The number of hydrogen-bond donors (Lipinski definition) is 1. The van der Waals surface area contributed by atoms with Crippen LogP contribution in [-0.2, 0) is 5.75 Å². The molecule has 4 heteroatoms. The smallest absolute Gasteiger partial charge is 0.161 e. The highest BCUT2D eigenvalue weighted by Crippen LogP contribution is 2.39. The van der Waals surface area contributed by atoms with Crippen LogP contribution in [0.15, 0.2) is 12.1 Å². The molecule has 0 saturated carbocycles. The fourth-order valence-corrected chi connectivity index (χ4v) is 3.25. The van der Waals surface area contributed by atoms with E-state index in [1.807, 2.05) is 17.8 Å². The fraction of sp³-hybridized carbons (Fsp3) is 0.538. The molecule has 2 N–H and O–H groups in total. The van der Waals surface area contributed by atoms with E-state index in [1.165, 1.54) is 11.1 Å². The quantitative estimate of drug-likeness (QED) is 0.880. The highest BCUT2D eigenvalue weighted by Gasteiger charge is 2.22. The molecule has 1 heterocycles. The van der Waals surface area contributed by atoms with Gasteiger partial charge >= 0.3 is 0 Å².